The Morgan fingerprint density at radius 3 is 2.38 bits per heavy atom. The van der Waals surface area contributed by atoms with E-state index in [4.69, 9.17) is 17.0 Å². The number of hydrogen-bond donors (Lipinski definition) is 1. The van der Waals surface area contributed by atoms with E-state index in [9.17, 15) is 0 Å². The number of benzene rings is 1. The third-order valence-corrected chi connectivity index (χ3v) is 4.36. The molecule has 4 nitrogen and oxygen atoms in total. The molecule has 0 spiro atoms. The molecule has 1 atom stereocenters. The van der Waals surface area contributed by atoms with Crippen molar-refractivity contribution in [2.24, 2.45) is 0 Å². The maximum Gasteiger partial charge on any atom is 0.169 e. The number of methoxy groups -OCH3 is 1. The zero-order chi connectivity index (χ0) is 15.2. The zero-order valence-electron chi connectivity index (χ0n) is 13.1. The number of nitrogens with one attached hydrogen (secondary N) is 1. The predicted octanol–water partition coefficient (Wildman–Crippen LogP) is 2.49. The van der Waals surface area contributed by atoms with Crippen molar-refractivity contribution in [1.82, 2.24) is 10.2 Å². The van der Waals surface area contributed by atoms with Crippen molar-refractivity contribution in [3.05, 3.63) is 24.3 Å². The summed E-state index contributed by atoms with van der Waals surface area (Å²) in [6.07, 6.45) is 1.09. The molecule has 0 amide bonds. The van der Waals surface area contributed by atoms with Crippen molar-refractivity contribution in [3.8, 4) is 5.75 Å². The van der Waals surface area contributed by atoms with Crippen LogP contribution >= 0.6 is 12.2 Å². The van der Waals surface area contributed by atoms with Gasteiger partial charge in [0.2, 0.25) is 0 Å². The predicted molar refractivity (Wildman–Crippen MR) is 92.3 cm³/mol. The van der Waals surface area contributed by atoms with Crippen LogP contribution in [0.2, 0.25) is 0 Å². The van der Waals surface area contributed by atoms with Gasteiger partial charge in [-0.05, 0) is 49.8 Å². The van der Waals surface area contributed by atoms with Crippen LogP contribution in [-0.4, -0.2) is 49.3 Å². The molecule has 21 heavy (non-hydrogen) atoms. The van der Waals surface area contributed by atoms with E-state index in [2.05, 4.69) is 41.1 Å². The maximum absolute atomic E-state index is 5.48. The maximum atomic E-state index is 5.48. The first-order valence-electron chi connectivity index (χ1n) is 7.58. The van der Waals surface area contributed by atoms with Crippen molar-refractivity contribution in [1.29, 1.82) is 0 Å². The smallest absolute Gasteiger partial charge is 0.169 e. The monoisotopic (exact) mass is 307 g/mol. The molecule has 0 unspecified atom stereocenters. The van der Waals surface area contributed by atoms with Gasteiger partial charge < -0.3 is 19.9 Å². The summed E-state index contributed by atoms with van der Waals surface area (Å²) in [5, 5.41) is 4.28. The van der Waals surface area contributed by atoms with Gasteiger partial charge in [-0.1, -0.05) is 6.92 Å². The van der Waals surface area contributed by atoms with Gasteiger partial charge in [-0.25, -0.2) is 0 Å². The first-order valence-corrected chi connectivity index (χ1v) is 7.99. The van der Waals surface area contributed by atoms with E-state index in [1.165, 1.54) is 5.69 Å². The van der Waals surface area contributed by atoms with Gasteiger partial charge >= 0.3 is 0 Å². The molecule has 116 valence electrons. The van der Waals surface area contributed by atoms with Crippen molar-refractivity contribution in [2.75, 3.05) is 38.2 Å². The lowest BCUT2D eigenvalue weighted by molar-refractivity contribution is 0.375. The Morgan fingerprint density at radius 1 is 1.24 bits per heavy atom. The van der Waals surface area contributed by atoms with Crippen LogP contribution in [0.25, 0.3) is 0 Å². The van der Waals surface area contributed by atoms with Crippen molar-refractivity contribution in [2.45, 2.75) is 26.3 Å². The number of piperazine rings is 1. The summed E-state index contributed by atoms with van der Waals surface area (Å²) < 4.78 is 5.20. The Hall–Kier alpha value is -1.49. The molecule has 1 N–H and O–H groups in total. The molecule has 1 fully saturated rings. The van der Waals surface area contributed by atoms with Crippen LogP contribution < -0.4 is 15.0 Å². The summed E-state index contributed by atoms with van der Waals surface area (Å²) in [5.41, 5.74) is 1.25. The number of ether oxygens (including phenoxy) is 1. The first kappa shape index (κ1) is 15.9. The van der Waals surface area contributed by atoms with Crippen molar-refractivity contribution in [3.63, 3.8) is 0 Å². The Labute approximate surface area is 133 Å². The van der Waals surface area contributed by atoms with Crippen LogP contribution in [0.15, 0.2) is 24.3 Å². The third-order valence-electron chi connectivity index (χ3n) is 3.99. The number of anilines is 1. The summed E-state index contributed by atoms with van der Waals surface area (Å²) in [6, 6.07) is 8.69. The Balaban J connectivity index is 1.86. The molecule has 0 aromatic heterocycles. The quantitative estimate of drug-likeness (QED) is 0.863. The Bertz CT molecular complexity index is 455. The largest absolute Gasteiger partial charge is 0.497 e. The molecule has 2 rings (SSSR count). The molecule has 1 heterocycles. The second kappa shape index (κ2) is 7.50. The van der Waals surface area contributed by atoms with E-state index in [0.717, 1.165) is 43.5 Å². The SMILES string of the molecule is CC[C@@H](C)NC(=S)N1CCN(c2ccc(OC)cc2)CC1. The minimum atomic E-state index is 0.442. The minimum Gasteiger partial charge on any atom is -0.497 e. The topological polar surface area (TPSA) is 27.7 Å². The van der Waals surface area contributed by atoms with Crippen LogP contribution in [0.4, 0.5) is 5.69 Å². The lowest BCUT2D eigenvalue weighted by Crippen LogP contribution is -2.53. The molecule has 1 saturated heterocycles. The van der Waals surface area contributed by atoms with Crippen molar-refractivity contribution < 1.29 is 4.74 Å². The van der Waals surface area contributed by atoms with Crippen LogP contribution in [0, 0.1) is 0 Å². The van der Waals surface area contributed by atoms with Gasteiger partial charge in [0.15, 0.2) is 5.11 Å². The molecule has 1 aliphatic heterocycles. The zero-order valence-corrected chi connectivity index (χ0v) is 13.9. The second-order valence-corrected chi connectivity index (χ2v) is 5.82. The highest BCUT2D eigenvalue weighted by Gasteiger charge is 2.19. The Morgan fingerprint density at radius 2 is 1.86 bits per heavy atom. The fourth-order valence-corrected chi connectivity index (χ4v) is 2.75. The molecule has 1 aromatic rings. The number of rotatable bonds is 4. The lowest BCUT2D eigenvalue weighted by Gasteiger charge is -2.38. The van der Waals surface area contributed by atoms with Crippen LogP contribution in [0.3, 0.4) is 0 Å². The summed E-state index contributed by atoms with van der Waals surface area (Å²) in [4.78, 5) is 4.66. The van der Waals surface area contributed by atoms with Gasteiger partial charge in [0.1, 0.15) is 5.75 Å². The Kier molecular flexibility index (Phi) is 5.67. The third kappa shape index (κ3) is 4.24. The van der Waals surface area contributed by atoms with E-state index in [1.54, 1.807) is 7.11 Å². The fraction of sp³-hybridized carbons (Fsp3) is 0.562. The van der Waals surface area contributed by atoms with E-state index in [1.807, 2.05) is 12.1 Å². The lowest BCUT2D eigenvalue weighted by atomic mass is 10.2. The summed E-state index contributed by atoms with van der Waals surface area (Å²) in [6.45, 7) is 8.26. The minimum absolute atomic E-state index is 0.442. The molecule has 0 radical (unpaired) electrons. The highest BCUT2D eigenvalue weighted by molar-refractivity contribution is 7.80. The summed E-state index contributed by atoms with van der Waals surface area (Å²) >= 11 is 5.48. The van der Waals surface area contributed by atoms with E-state index in [-0.39, 0.29) is 0 Å². The van der Waals surface area contributed by atoms with Gasteiger partial charge in [-0.15, -0.1) is 0 Å². The highest BCUT2D eigenvalue weighted by atomic mass is 32.1. The molecule has 0 bridgehead atoms. The van der Waals surface area contributed by atoms with Crippen LogP contribution in [0.1, 0.15) is 20.3 Å². The van der Waals surface area contributed by atoms with Crippen LogP contribution in [0.5, 0.6) is 5.75 Å². The molecular weight excluding hydrogens is 282 g/mol. The molecule has 1 aromatic carbocycles. The second-order valence-electron chi connectivity index (χ2n) is 5.43. The molecular formula is C16H25N3OS. The molecule has 1 aliphatic rings. The van der Waals surface area contributed by atoms with Gasteiger partial charge in [-0.3, -0.25) is 0 Å². The normalized spacial score (nSPS) is 16.5. The summed E-state index contributed by atoms with van der Waals surface area (Å²) in [5.74, 6) is 0.899. The van der Waals surface area contributed by atoms with Gasteiger partial charge in [0, 0.05) is 37.9 Å². The van der Waals surface area contributed by atoms with E-state index >= 15 is 0 Å². The fourth-order valence-electron chi connectivity index (χ4n) is 2.36. The van der Waals surface area contributed by atoms with Gasteiger partial charge in [0.05, 0.1) is 7.11 Å². The van der Waals surface area contributed by atoms with E-state index < -0.39 is 0 Å². The number of thiocarbonyl (C=S) groups is 1. The average Bonchev–Trinajstić information content (AvgIpc) is 2.55. The van der Waals surface area contributed by atoms with Gasteiger partial charge in [-0.2, -0.15) is 0 Å². The molecule has 0 aliphatic carbocycles. The first-order chi connectivity index (χ1) is 10.1. The summed E-state index contributed by atoms with van der Waals surface area (Å²) in [7, 11) is 1.69. The molecule has 5 heteroatoms. The van der Waals surface area contributed by atoms with Gasteiger partial charge in [0.25, 0.3) is 0 Å². The van der Waals surface area contributed by atoms with Crippen molar-refractivity contribution >= 4 is 23.0 Å². The number of hydrogen-bond acceptors (Lipinski definition) is 3. The number of nitrogens with zero attached hydrogens (tertiary/aromatic N) is 2. The van der Waals surface area contributed by atoms with E-state index in [0.29, 0.717) is 6.04 Å². The standard InChI is InChI=1S/C16H25N3OS/c1-4-13(2)17-16(21)19-11-9-18(10-12-19)14-5-7-15(20-3)8-6-14/h5-8,13H,4,9-12H2,1-3H3,(H,17,21)/t13-/m1/s1. The molecule has 0 saturated carbocycles. The van der Waals surface area contributed by atoms with Crippen LogP contribution in [-0.2, 0) is 0 Å². The average molecular weight is 307 g/mol. The highest BCUT2D eigenvalue weighted by Crippen LogP contribution is 2.20.